The fourth-order valence-electron chi connectivity index (χ4n) is 0.742. The maximum atomic E-state index is 2.63. The van der Waals surface area contributed by atoms with E-state index in [1.807, 2.05) is 22.9 Å². The van der Waals surface area contributed by atoms with Gasteiger partial charge in [0.2, 0.25) is 0 Å². The summed E-state index contributed by atoms with van der Waals surface area (Å²) in [5.74, 6) is 0. The van der Waals surface area contributed by atoms with E-state index in [0.29, 0.717) is 0 Å². The molecule has 0 aromatic carbocycles. The lowest BCUT2D eigenvalue weighted by Crippen LogP contribution is -2.70. The Hall–Kier alpha value is -0.270. The van der Waals surface area contributed by atoms with Crippen LogP contribution in [0, 0.1) is 0 Å². The topological polar surface area (TPSA) is 301 Å². The summed E-state index contributed by atoms with van der Waals surface area (Å²) in [7, 11) is 1.70. The van der Waals surface area contributed by atoms with Crippen LogP contribution in [-0.4, -0.2) is 7.05 Å². The van der Waals surface area contributed by atoms with E-state index in [-0.39, 0.29) is 0 Å². The van der Waals surface area contributed by atoms with Crippen LogP contribution in [0.5, 0.6) is 0 Å². The first-order chi connectivity index (χ1) is 13.4. The molecule has 164 valence electrons. The molecule has 25 N–H and O–H groups in total. The largest absolute Gasteiger partial charge is 0.246 e. The zero-order chi connectivity index (χ0) is 19.7. The van der Waals surface area contributed by atoms with Gasteiger partial charge in [-0.05, 0) is 7.05 Å². The number of hydrogen-bond acceptors (Lipinski definition) is 25. The Morgan fingerprint density at radius 3 is 0.667 bits per heavy atom. The maximum Gasteiger partial charge on any atom is 0.0347 e. The molecule has 0 bridgehead atoms. The first-order valence-electron chi connectivity index (χ1n) is 6.69. The number of hydrazine groups is 24. The second-order valence-electron chi connectivity index (χ2n) is 3.22. The van der Waals surface area contributed by atoms with Crippen molar-refractivity contribution in [2.24, 2.45) is 0 Å². The van der Waals surface area contributed by atoms with E-state index in [1.54, 1.807) is 7.05 Å². The second kappa shape index (κ2) is 25.7. The standard InChI is InChI=1S/CH28IN25/c1-3-5-7-9-11-13-15-17-19-21-23-25-27-26-24-22-20-18-16-14-12-10-8-6-4-2/h3-27H,1H3. The highest BCUT2D eigenvalue weighted by Gasteiger charge is 1.84. The van der Waals surface area contributed by atoms with Crippen LogP contribution in [0.3, 0.4) is 0 Å². The Kier molecular flexibility index (Phi) is 25.5. The monoisotopic (exact) mass is 517 g/mol. The van der Waals surface area contributed by atoms with Crippen LogP contribution in [0.4, 0.5) is 0 Å². The molecule has 0 aromatic heterocycles. The average Bonchev–Trinajstić information content (AvgIpc) is 2.68. The van der Waals surface area contributed by atoms with Crippen LogP contribution in [0.25, 0.3) is 0 Å². The lowest BCUT2D eigenvalue weighted by molar-refractivity contribution is 0.188. The lowest BCUT2D eigenvalue weighted by Gasteiger charge is -2.15. The highest BCUT2D eigenvalue weighted by molar-refractivity contribution is 14.1. The van der Waals surface area contributed by atoms with Gasteiger partial charge >= 0.3 is 0 Å². The molecule has 25 nitrogen and oxygen atoms in total. The second-order valence-corrected chi connectivity index (χ2v) is 3.76. The van der Waals surface area contributed by atoms with Crippen molar-refractivity contribution < 1.29 is 0 Å². The van der Waals surface area contributed by atoms with E-state index in [1.165, 1.54) is 0 Å². The van der Waals surface area contributed by atoms with Crippen LogP contribution in [0.2, 0.25) is 0 Å². The molecule has 0 saturated carbocycles. The lowest BCUT2D eigenvalue weighted by atomic mass is 11.5. The number of rotatable bonds is 24. The van der Waals surface area contributed by atoms with Crippen LogP contribution in [-0.2, 0) is 0 Å². The molecule has 0 radical (unpaired) electrons. The predicted octanol–water partition coefficient (Wildman–Crippen LogP) is -11.3. The molecule has 0 aliphatic heterocycles. The Morgan fingerprint density at radius 1 is 0.296 bits per heavy atom. The molecule has 26 heteroatoms. The van der Waals surface area contributed by atoms with E-state index in [0.717, 1.165) is 0 Å². The quantitative estimate of drug-likeness (QED) is 0.0244. The fraction of sp³-hybridized carbons (Fsp3) is 1.00. The highest BCUT2D eigenvalue weighted by atomic mass is 127. The third-order valence-electron chi connectivity index (χ3n) is 1.55. The molecule has 0 spiro atoms. The van der Waals surface area contributed by atoms with Gasteiger partial charge in [-0.2, -0.15) is 131 Å². The minimum absolute atomic E-state index is 1.70. The van der Waals surface area contributed by atoms with Crippen molar-refractivity contribution in [2.75, 3.05) is 7.05 Å². The van der Waals surface area contributed by atoms with Gasteiger partial charge in [-0.25, -0.2) is 5.43 Å². The van der Waals surface area contributed by atoms with Crippen molar-refractivity contribution in [1.82, 2.24) is 136 Å². The molecule has 0 saturated heterocycles. The smallest absolute Gasteiger partial charge is 0.0347 e. The fourth-order valence-corrected chi connectivity index (χ4v) is 0.877. The first-order valence-corrected chi connectivity index (χ1v) is 7.77. The summed E-state index contributed by atoms with van der Waals surface area (Å²) < 4.78 is 2.60. The normalized spacial score (nSPS) is 11.3. The number of nitrogens with one attached hydrogen (secondary N) is 25. The van der Waals surface area contributed by atoms with Gasteiger partial charge < -0.3 is 0 Å². The van der Waals surface area contributed by atoms with Crippen molar-refractivity contribution >= 4 is 22.9 Å². The summed E-state index contributed by atoms with van der Waals surface area (Å²) in [6.07, 6.45) is 0. The van der Waals surface area contributed by atoms with Gasteiger partial charge in [0, 0.05) is 22.9 Å². The predicted molar refractivity (Wildman–Crippen MR) is 98.3 cm³/mol. The van der Waals surface area contributed by atoms with Gasteiger partial charge in [0.25, 0.3) is 0 Å². The highest BCUT2D eigenvalue weighted by Crippen LogP contribution is 1.52. The molecular formula is CH28IN25. The Bertz CT molecular complexity index is 220. The Labute approximate surface area is 166 Å². The van der Waals surface area contributed by atoms with Gasteiger partial charge in [0.1, 0.15) is 0 Å². The van der Waals surface area contributed by atoms with E-state index >= 15 is 0 Å². The first kappa shape index (κ1) is 26.7. The van der Waals surface area contributed by atoms with Gasteiger partial charge in [-0.3, -0.25) is 0 Å². The van der Waals surface area contributed by atoms with E-state index in [2.05, 4.69) is 136 Å². The van der Waals surface area contributed by atoms with Gasteiger partial charge in [-0.15, -0.1) is 0 Å². The van der Waals surface area contributed by atoms with Gasteiger partial charge in [0.15, 0.2) is 0 Å². The zero-order valence-electron chi connectivity index (χ0n) is 13.9. The molecular weight excluding hydrogens is 489 g/mol. The summed E-state index contributed by atoms with van der Waals surface area (Å²) in [6.45, 7) is 0. The Balaban J connectivity index is 2.95. The van der Waals surface area contributed by atoms with Crippen LogP contribution in [0.1, 0.15) is 0 Å². The summed E-state index contributed by atoms with van der Waals surface area (Å²) in [6, 6.07) is 0. The average molecular weight is 517 g/mol. The molecule has 0 unspecified atom stereocenters. The van der Waals surface area contributed by atoms with Crippen LogP contribution >= 0.6 is 22.9 Å². The third kappa shape index (κ3) is 25.7. The van der Waals surface area contributed by atoms with E-state index in [9.17, 15) is 0 Å². The van der Waals surface area contributed by atoms with Crippen molar-refractivity contribution in [3.63, 3.8) is 0 Å². The van der Waals surface area contributed by atoms with Crippen molar-refractivity contribution in [3.05, 3.63) is 0 Å². The molecule has 0 aliphatic carbocycles. The SMILES string of the molecule is CNNNNNNNNNNNNNNNNNNNNNNNNNI. The van der Waals surface area contributed by atoms with Crippen molar-refractivity contribution in [3.8, 4) is 0 Å². The molecule has 0 fully saturated rings. The van der Waals surface area contributed by atoms with E-state index in [4.69, 9.17) is 0 Å². The minimum atomic E-state index is 1.70. The summed E-state index contributed by atoms with van der Waals surface area (Å²) in [4.78, 5) is 0. The molecule has 0 aromatic rings. The van der Waals surface area contributed by atoms with Crippen LogP contribution < -0.4 is 136 Å². The van der Waals surface area contributed by atoms with Gasteiger partial charge in [-0.1, -0.05) is 0 Å². The maximum absolute atomic E-state index is 2.63. The van der Waals surface area contributed by atoms with Crippen LogP contribution in [0.15, 0.2) is 0 Å². The molecule has 0 aliphatic rings. The zero-order valence-corrected chi connectivity index (χ0v) is 16.0. The molecule has 0 heterocycles. The summed E-state index contributed by atoms with van der Waals surface area (Å²) in [5.41, 5.74) is 60.4. The third-order valence-corrected chi connectivity index (χ3v) is 1.82. The van der Waals surface area contributed by atoms with Crippen molar-refractivity contribution in [1.29, 1.82) is 0 Å². The van der Waals surface area contributed by atoms with Crippen molar-refractivity contribution in [2.45, 2.75) is 0 Å². The Morgan fingerprint density at radius 2 is 0.481 bits per heavy atom. The molecule has 0 rings (SSSR count). The summed E-state index contributed by atoms with van der Waals surface area (Å²) >= 11 is 1.89. The molecule has 0 amide bonds. The van der Waals surface area contributed by atoms with Gasteiger partial charge in [0.05, 0.1) is 0 Å². The summed E-state index contributed by atoms with van der Waals surface area (Å²) in [5, 5.41) is 0. The van der Waals surface area contributed by atoms with E-state index < -0.39 is 0 Å². The number of halogens is 1. The number of hydrogen-bond donors (Lipinski definition) is 25. The minimum Gasteiger partial charge on any atom is -0.246 e. The molecule has 0 atom stereocenters. The molecule has 27 heavy (non-hydrogen) atoms.